The van der Waals surface area contributed by atoms with Gasteiger partial charge in [-0.1, -0.05) is 253 Å². The molecule has 0 aromatic heterocycles. The molecule has 8 aromatic carbocycles. The molecule has 0 saturated carbocycles. The maximum atomic E-state index is 7.36. The topological polar surface area (TPSA) is 64.1 Å². The lowest BCUT2D eigenvalue weighted by atomic mass is 9.82. The average molecular weight is 902 g/mol. The standard InChI is InChI=1S/C56H43N3.C4H10.C4H8.C2H6/c57-56(51-24-8-5-21-47(51)45-19-11-17-41(35-45)43-29-27-37-13-1-3-15-39(37)33-43)52-32-31-50(48-22-6-7-23-49(48)52)55(53-25-9-10-26-54(53)59-58)46-20-12-18-42(36-46)44-30-28-38-14-2-4-16-40(38)34-44;2*1-3-4-2;1-2/h1-36,47,54,59H,57-58H2;3-4H2,1-2H3;3-4H,1-2H3;1-2H3/b55-53+,56-51-;;4-3-;. The highest BCUT2D eigenvalue weighted by atomic mass is 15.2. The van der Waals surface area contributed by atoms with E-state index in [0.717, 1.165) is 55.4 Å². The lowest BCUT2D eigenvalue weighted by Crippen LogP contribution is -2.35. The van der Waals surface area contributed by atoms with Crippen molar-refractivity contribution in [2.75, 3.05) is 0 Å². The fourth-order valence-corrected chi connectivity index (χ4v) is 8.90. The van der Waals surface area contributed by atoms with Gasteiger partial charge in [-0.3, -0.25) is 5.84 Å². The average Bonchev–Trinajstić information content (AvgIpc) is 3.43. The zero-order chi connectivity index (χ0) is 48.5. The van der Waals surface area contributed by atoms with E-state index < -0.39 is 0 Å². The minimum Gasteiger partial charge on any atom is -0.398 e. The molecule has 0 aliphatic heterocycles. The second kappa shape index (κ2) is 24.5. The first-order chi connectivity index (χ1) is 34.0. The van der Waals surface area contributed by atoms with Crippen molar-refractivity contribution in [3.8, 4) is 22.3 Å². The number of unbranched alkanes of at least 4 members (excludes halogenated alkanes) is 1. The lowest BCUT2D eigenvalue weighted by molar-refractivity contribution is 0.699. The van der Waals surface area contributed by atoms with Crippen LogP contribution in [-0.4, -0.2) is 6.04 Å². The molecule has 0 saturated heterocycles. The van der Waals surface area contributed by atoms with Crippen molar-refractivity contribution >= 4 is 43.6 Å². The van der Waals surface area contributed by atoms with Crippen LogP contribution in [0.5, 0.6) is 0 Å². The second-order valence-electron chi connectivity index (χ2n) is 17.0. The van der Waals surface area contributed by atoms with Gasteiger partial charge < -0.3 is 5.73 Å². The summed E-state index contributed by atoms with van der Waals surface area (Å²) in [6.45, 7) is 12.4. The Hall–Kier alpha value is -7.56. The van der Waals surface area contributed by atoms with E-state index in [1.165, 1.54) is 56.6 Å². The van der Waals surface area contributed by atoms with Gasteiger partial charge in [0.2, 0.25) is 0 Å². The van der Waals surface area contributed by atoms with Gasteiger partial charge in [0, 0.05) is 17.2 Å². The van der Waals surface area contributed by atoms with Gasteiger partial charge >= 0.3 is 0 Å². The number of allylic oxidation sites excluding steroid dienone is 9. The van der Waals surface area contributed by atoms with E-state index in [2.05, 4.69) is 232 Å². The number of hydrogen-bond acceptors (Lipinski definition) is 3. The quantitative estimate of drug-likeness (QED) is 0.0809. The Morgan fingerprint density at radius 1 is 0.493 bits per heavy atom. The molecule has 10 rings (SSSR count). The number of hydrazine groups is 1. The van der Waals surface area contributed by atoms with Crippen LogP contribution in [0.4, 0.5) is 0 Å². The van der Waals surface area contributed by atoms with Crippen LogP contribution in [0.15, 0.2) is 242 Å². The molecule has 0 fully saturated rings. The number of rotatable bonds is 8. The summed E-state index contributed by atoms with van der Waals surface area (Å²) in [7, 11) is 0. The van der Waals surface area contributed by atoms with Gasteiger partial charge in [-0.25, -0.2) is 5.43 Å². The minimum atomic E-state index is -0.171. The Kier molecular flexibility index (Phi) is 17.5. The summed E-state index contributed by atoms with van der Waals surface area (Å²) in [5.41, 5.74) is 23.6. The zero-order valence-corrected chi connectivity index (χ0v) is 41.2. The van der Waals surface area contributed by atoms with Crippen LogP contribution in [0, 0.1) is 0 Å². The Morgan fingerprint density at radius 3 is 1.59 bits per heavy atom. The van der Waals surface area contributed by atoms with E-state index in [1.54, 1.807) is 0 Å². The summed E-state index contributed by atoms with van der Waals surface area (Å²) >= 11 is 0. The van der Waals surface area contributed by atoms with E-state index >= 15 is 0 Å². The second-order valence-corrected chi connectivity index (χ2v) is 17.0. The predicted octanol–water partition coefficient (Wildman–Crippen LogP) is 17.2. The molecule has 0 spiro atoms. The van der Waals surface area contributed by atoms with Crippen LogP contribution in [0.1, 0.15) is 82.6 Å². The predicted molar refractivity (Wildman–Crippen MR) is 303 cm³/mol. The number of nitrogens with one attached hydrogen (secondary N) is 1. The molecular formula is C66H67N3. The minimum absolute atomic E-state index is 0.00933. The first kappa shape index (κ1) is 49.3. The summed E-state index contributed by atoms with van der Waals surface area (Å²) < 4.78 is 0. The molecule has 3 heteroatoms. The SMILES string of the molecule is C/C=C\C.CC.CCCC.NNC1C=CC=C/C1=C(/c1cccc(-c2ccc3ccccc3c2)c1)c1ccc(/C(N)=C2\C=CC=CC2c2cccc(-c3ccc4ccccc4c3)c2)c2ccccc12. The van der Waals surface area contributed by atoms with Crippen molar-refractivity contribution in [1.29, 1.82) is 0 Å². The van der Waals surface area contributed by atoms with Gasteiger partial charge in [-0.15, -0.1) is 0 Å². The molecule has 346 valence electrons. The summed E-state index contributed by atoms with van der Waals surface area (Å²) in [5.74, 6) is 6.23. The van der Waals surface area contributed by atoms with Gasteiger partial charge in [0.1, 0.15) is 0 Å². The normalized spacial score (nSPS) is 16.3. The van der Waals surface area contributed by atoms with Gasteiger partial charge in [-0.05, 0) is 120 Å². The first-order valence-corrected chi connectivity index (χ1v) is 24.6. The van der Waals surface area contributed by atoms with E-state index in [0.29, 0.717) is 0 Å². The van der Waals surface area contributed by atoms with Crippen LogP contribution >= 0.6 is 0 Å². The molecule has 2 unspecified atom stereocenters. The molecule has 2 aliphatic rings. The van der Waals surface area contributed by atoms with E-state index in [-0.39, 0.29) is 12.0 Å². The summed E-state index contributed by atoms with van der Waals surface area (Å²) in [5, 5.41) is 7.14. The van der Waals surface area contributed by atoms with Crippen LogP contribution in [0.2, 0.25) is 0 Å². The van der Waals surface area contributed by atoms with Crippen LogP contribution in [0.25, 0.3) is 65.8 Å². The van der Waals surface area contributed by atoms with E-state index in [4.69, 9.17) is 11.6 Å². The highest BCUT2D eigenvalue weighted by Crippen LogP contribution is 2.41. The molecule has 5 N–H and O–H groups in total. The molecule has 69 heavy (non-hydrogen) atoms. The maximum absolute atomic E-state index is 7.36. The highest BCUT2D eigenvalue weighted by molar-refractivity contribution is 6.04. The Morgan fingerprint density at radius 2 is 1.00 bits per heavy atom. The molecule has 2 atom stereocenters. The smallest absolute Gasteiger partial charge is 0.0650 e. The fourth-order valence-electron chi connectivity index (χ4n) is 8.90. The number of hydrogen-bond donors (Lipinski definition) is 3. The Bertz CT molecular complexity index is 3240. The number of nitrogens with two attached hydrogens (primary N) is 2. The van der Waals surface area contributed by atoms with Crippen LogP contribution in [-0.2, 0) is 0 Å². The van der Waals surface area contributed by atoms with Gasteiger partial charge in [-0.2, -0.15) is 0 Å². The molecule has 3 nitrogen and oxygen atoms in total. The fraction of sp³-hybridized carbons (Fsp3) is 0.152. The van der Waals surface area contributed by atoms with E-state index in [9.17, 15) is 0 Å². The molecule has 0 bridgehead atoms. The van der Waals surface area contributed by atoms with Crippen molar-refractivity contribution in [2.24, 2.45) is 11.6 Å². The Balaban J connectivity index is 0.000000648. The molecular weight excluding hydrogens is 835 g/mol. The lowest BCUT2D eigenvalue weighted by Gasteiger charge is -2.24. The van der Waals surface area contributed by atoms with Crippen molar-refractivity contribution in [1.82, 2.24) is 5.43 Å². The van der Waals surface area contributed by atoms with E-state index in [1.807, 2.05) is 45.9 Å². The molecule has 2 aliphatic carbocycles. The van der Waals surface area contributed by atoms with Crippen LogP contribution < -0.4 is 17.0 Å². The number of fused-ring (bicyclic) bond motifs is 3. The van der Waals surface area contributed by atoms with Crippen molar-refractivity contribution in [2.45, 2.75) is 66.3 Å². The van der Waals surface area contributed by atoms with Gasteiger partial charge in [0.15, 0.2) is 0 Å². The third-order valence-corrected chi connectivity index (χ3v) is 12.7. The third kappa shape index (κ3) is 11.4. The monoisotopic (exact) mass is 902 g/mol. The molecule has 8 aromatic rings. The highest BCUT2D eigenvalue weighted by Gasteiger charge is 2.23. The summed E-state index contributed by atoms with van der Waals surface area (Å²) in [4.78, 5) is 0. The van der Waals surface area contributed by atoms with Crippen molar-refractivity contribution in [3.63, 3.8) is 0 Å². The molecule has 0 amide bonds. The third-order valence-electron chi connectivity index (χ3n) is 12.7. The first-order valence-electron chi connectivity index (χ1n) is 24.6. The van der Waals surface area contributed by atoms with Gasteiger partial charge in [0.25, 0.3) is 0 Å². The largest absolute Gasteiger partial charge is 0.398 e. The molecule has 0 heterocycles. The van der Waals surface area contributed by atoms with Crippen molar-refractivity contribution < 1.29 is 0 Å². The van der Waals surface area contributed by atoms with Crippen molar-refractivity contribution in [3.05, 3.63) is 264 Å². The zero-order valence-electron chi connectivity index (χ0n) is 41.2. The molecule has 0 radical (unpaired) electrons. The van der Waals surface area contributed by atoms with Crippen LogP contribution in [0.3, 0.4) is 0 Å². The van der Waals surface area contributed by atoms with Gasteiger partial charge in [0.05, 0.1) is 6.04 Å². The maximum Gasteiger partial charge on any atom is 0.0650 e. The summed E-state index contributed by atoms with van der Waals surface area (Å²) in [6, 6.07) is 61.1. The summed E-state index contributed by atoms with van der Waals surface area (Å²) in [6.07, 6.45) is 23.7. The Labute approximate surface area is 411 Å². The number of benzene rings is 8.